The van der Waals surface area contributed by atoms with E-state index in [9.17, 15) is 4.79 Å². The van der Waals surface area contributed by atoms with Gasteiger partial charge in [-0.1, -0.05) is 22.0 Å². The molecule has 0 radical (unpaired) electrons. The van der Waals surface area contributed by atoms with E-state index in [1.54, 1.807) is 11.4 Å². The maximum absolute atomic E-state index is 12.0. The molecular formula is C15H13BrN2O2. The lowest BCUT2D eigenvalue weighted by Gasteiger charge is -2.03. The van der Waals surface area contributed by atoms with Crippen LogP contribution in [0, 0.1) is 6.92 Å². The van der Waals surface area contributed by atoms with Gasteiger partial charge in [-0.3, -0.25) is 0 Å². The second-order valence-electron chi connectivity index (χ2n) is 4.51. The van der Waals surface area contributed by atoms with E-state index < -0.39 is 0 Å². The van der Waals surface area contributed by atoms with E-state index in [2.05, 4.69) is 21.0 Å². The van der Waals surface area contributed by atoms with Gasteiger partial charge in [0.1, 0.15) is 5.56 Å². The number of fused-ring (bicyclic) bond motifs is 3. The van der Waals surface area contributed by atoms with Crippen molar-refractivity contribution in [3.05, 3.63) is 46.1 Å². The van der Waals surface area contributed by atoms with E-state index >= 15 is 0 Å². The molecule has 0 aliphatic rings. The zero-order valence-corrected chi connectivity index (χ0v) is 12.8. The highest BCUT2D eigenvalue weighted by Crippen LogP contribution is 2.24. The molecule has 0 saturated carbocycles. The van der Waals surface area contributed by atoms with Gasteiger partial charge >= 0.3 is 5.97 Å². The number of aryl methyl sites for hydroxylation is 1. The minimum Gasteiger partial charge on any atom is -0.462 e. The van der Waals surface area contributed by atoms with E-state index in [0.29, 0.717) is 17.9 Å². The standard InChI is InChI=1S/C15H13BrN2O2/c1-3-20-15(19)14-9(2)17-18-12-7-5-11(16)8-10(12)4-6-13(14)18/h4-8H,3H2,1-2H3. The van der Waals surface area contributed by atoms with Crippen LogP contribution in [0.2, 0.25) is 0 Å². The Labute approximate surface area is 124 Å². The van der Waals surface area contributed by atoms with Crippen LogP contribution in [-0.2, 0) is 4.74 Å². The topological polar surface area (TPSA) is 43.6 Å². The van der Waals surface area contributed by atoms with Gasteiger partial charge in [-0.25, -0.2) is 9.31 Å². The van der Waals surface area contributed by atoms with E-state index in [1.165, 1.54) is 0 Å². The predicted molar refractivity (Wildman–Crippen MR) is 81.1 cm³/mol. The highest BCUT2D eigenvalue weighted by Gasteiger charge is 2.19. The van der Waals surface area contributed by atoms with Crippen molar-refractivity contribution in [1.82, 2.24) is 9.61 Å². The van der Waals surface area contributed by atoms with Crippen molar-refractivity contribution in [3.8, 4) is 0 Å². The maximum Gasteiger partial charge on any atom is 0.342 e. The van der Waals surface area contributed by atoms with Gasteiger partial charge in [0.2, 0.25) is 0 Å². The van der Waals surface area contributed by atoms with Crippen molar-refractivity contribution in [2.45, 2.75) is 13.8 Å². The average molecular weight is 333 g/mol. The number of benzene rings is 1. The predicted octanol–water partition coefficient (Wildman–Crippen LogP) is 3.74. The first-order chi connectivity index (χ1) is 9.61. The number of hydrogen-bond donors (Lipinski definition) is 0. The van der Waals surface area contributed by atoms with Crippen molar-refractivity contribution >= 4 is 38.3 Å². The number of carbonyl (C=O) groups is 1. The fourth-order valence-corrected chi connectivity index (χ4v) is 2.74. The summed E-state index contributed by atoms with van der Waals surface area (Å²) in [6, 6.07) is 9.85. The second-order valence-corrected chi connectivity index (χ2v) is 5.43. The van der Waals surface area contributed by atoms with Crippen LogP contribution in [-0.4, -0.2) is 22.2 Å². The summed E-state index contributed by atoms with van der Waals surface area (Å²) in [4.78, 5) is 12.0. The molecule has 2 aromatic heterocycles. The molecule has 0 amide bonds. The van der Waals surface area contributed by atoms with E-state index in [4.69, 9.17) is 4.74 Å². The van der Waals surface area contributed by atoms with Gasteiger partial charge < -0.3 is 4.74 Å². The van der Waals surface area contributed by atoms with Crippen LogP contribution in [0.15, 0.2) is 34.8 Å². The molecule has 0 bridgehead atoms. The van der Waals surface area contributed by atoms with Gasteiger partial charge in [-0.05, 0) is 38.1 Å². The first-order valence-electron chi connectivity index (χ1n) is 6.36. The molecule has 0 fully saturated rings. The lowest BCUT2D eigenvalue weighted by atomic mass is 10.1. The molecule has 3 rings (SSSR count). The average Bonchev–Trinajstić information content (AvgIpc) is 2.75. The van der Waals surface area contributed by atoms with Gasteiger partial charge in [0.05, 0.1) is 23.3 Å². The van der Waals surface area contributed by atoms with Crippen molar-refractivity contribution in [2.75, 3.05) is 6.61 Å². The van der Waals surface area contributed by atoms with Crippen LogP contribution in [0.1, 0.15) is 23.0 Å². The van der Waals surface area contributed by atoms with Gasteiger partial charge in [0.25, 0.3) is 0 Å². The lowest BCUT2D eigenvalue weighted by molar-refractivity contribution is 0.0528. The lowest BCUT2D eigenvalue weighted by Crippen LogP contribution is -2.05. The summed E-state index contributed by atoms with van der Waals surface area (Å²) < 4.78 is 7.91. The summed E-state index contributed by atoms with van der Waals surface area (Å²) in [7, 11) is 0. The number of hydrogen-bond acceptors (Lipinski definition) is 3. The summed E-state index contributed by atoms with van der Waals surface area (Å²) in [6.07, 6.45) is 0. The molecule has 20 heavy (non-hydrogen) atoms. The SMILES string of the molecule is CCOC(=O)c1c(C)nn2c1ccc1cc(Br)ccc12. The van der Waals surface area contributed by atoms with Crippen molar-refractivity contribution in [3.63, 3.8) is 0 Å². The molecule has 0 aliphatic carbocycles. The van der Waals surface area contributed by atoms with Crippen molar-refractivity contribution < 1.29 is 9.53 Å². The van der Waals surface area contributed by atoms with E-state index in [-0.39, 0.29) is 5.97 Å². The first-order valence-corrected chi connectivity index (χ1v) is 7.16. The Morgan fingerprint density at radius 1 is 1.30 bits per heavy atom. The molecule has 0 atom stereocenters. The molecule has 1 aromatic carbocycles. The van der Waals surface area contributed by atoms with Gasteiger partial charge in [-0.2, -0.15) is 5.10 Å². The number of aromatic nitrogens is 2. The number of rotatable bonds is 2. The summed E-state index contributed by atoms with van der Waals surface area (Å²) >= 11 is 3.46. The van der Waals surface area contributed by atoms with Gasteiger partial charge in [0.15, 0.2) is 0 Å². The van der Waals surface area contributed by atoms with Gasteiger partial charge in [0, 0.05) is 9.86 Å². The normalized spacial score (nSPS) is 11.2. The van der Waals surface area contributed by atoms with Crippen molar-refractivity contribution in [2.24, 2.45) is 0 Å². The van der Waals surface area contributed by atoms with Gasteiger partial charge in [-0.15, -0.1) is 0 Å². The monoisotopic (exact) mass is 332 g/mol. The third-order valence-corrected chi connectivity index (χ3v) is 3.71. The Balaban J connectivity index is 2.32. The first kappa shape index (κ1) is 13.1. The molecule has 4 nitrogen and oxygen atoms in total. The Morgan fingerprint density at radius 3 is 2.80 bits per heavy atom. The van der Waals surface area contributed by atoms with Crippen LogP contribution in [0.25, 0.3) is 16.4 Å². The van der Waals surface area contributed by atoms with E-state index in [0.717, 1.165) is 20.9 Å². The number of carbonyl (C=O) groups excluding carboxylic acids is 1. The smallest absolute Gasteiger partial charge is 0.342 e. The molecular weight excluding hydrogens is 320 g/mol. The Hall–Kier alpha value is -1.88. The minimum absolute atomic E-state index is 0.323. The number of ether oxygens (including phenoxy) is 1. The fraction of sp³-hybridized carbons (Fsp3) is 0.200. The molecule has 0 unspecified atom stereocenters. The largest absolute Gasteiger partial charge is 0.462 e. The minimum atomic E-state index is -0.323. The van der Waals surface area contributed by atoms with E-state index in [1.807, 2.05) is 37.3 Å². The number of esters is 1. The number of pyridine rings is 1. The summed E-state index contributed by atoms with van der Waals surface area (Å²) in [6.45, 7) is 3.98. The summed E-state index contributed by atoms with van der Waals surface area (Å²) in [5.41, 5.74) is 2.95. The maximum atomic E-state index is 12.0. The summed E-state index contributed by atoms with van der Waals surface area (Å²) in [5.74, 6) is -0.323. The molecule has 3 aromatic rings. The van der Waals surface area contributed by atoms with Crippen LogP contribution >= 0.6 is 15.9 Å². The molecule has 2 heterocycles. The van der Waals surface area contributed by atoms with Crippen LogP contribution < -0.4 is 0 Å². The zero-order valence-electron chi connectivity index (χ0n) is 11.2. The fourth-order valence-electron chi connectivity index (χ4n) is 2.36. The molecule has 0 spiro atoms. The highest BCUT2D eigenvalue weighted by molar-refractivity contribution is 9.10. The van der Waals surface area contributed by atoms with Crippen LogP contribution in [0.5, 0.6) is 0 Å². The number of halogens is 1. The second kappa shape index (κ2) is 4.90. The quantitative estimate of drug-likeness (QED) is 0.671. The Kier molecular flexibility index (Phi) is 3.22. The zero-order chi connectivity index (χ0) is 14.3. The number of nitrogens with zero attached hydrogens (tertiary/aromatic N) is 2. The Morgan fingerprint density at radius 2 is 2.05 bits per heavy atom. The molecule has 0 aliphatic heterocycles. The van der Waals surface area contributed by atoms with Crippen molar-refractivity contribution in [1.29, 1.82) is 0 Å². The Bertz CT molecular complexity index is 823. The molecule has 0 saturated heterocycles. The third kappa shape index (κ3) is 1.98. The van der Waals surface area contributed by atoms with Crippen LogP contribution in [0.3, 0.4) is 0 Å². The van der Waals surface area contributed by atoms with Crippen LogP contribution in [0.4, 0.5) is 0 Å². The third-order valence-electron chi connectivity index (χ3n) is 3.21. The molecule has 5 heteroatoms. The highest BCUT2D eigenvalue weighted by atomic mass is 79.9. The molecule has 0 N–H and O–H groups in total. The summed E-state index contributed by atoms with van der Waals surface area (Å²) in [5, 5.41) is 5.53. The molecule has 102 valence electrons.